The molecule has 6 aliphatic rings. The number of hydrogen-bond donors (Lipinski definition) is 2. The third-order valence-electron chi connectivity index (χ3n) is 17.4. The van der Waals surface area contributed by atoms with Gasteiger partial charge >= 0.3 is 11.9 Å². The second-order valence-corrected chi connectivity index (χ2v) is 21.2. The number of nitrogens with zero attached hydrogens (tertiary/aromatic N) is 2. The zero-order valence-electron chi connectivity index (χ0n) is 39.0. The molecule has 5 aliphatic carbocycles. The molecule has 11 atom stereocenters. The summed E-state index contributed by atoms with van der Waals surface area (Å²) in [7, 11) is 0. The van der Waals surface area contributed by atoms with Crippen molar-refractivity contribution in [1.82, 2.24) is 4.90 Å². The maximum absolute atomic E-state index is 17.4. The average molecular weight is 996 g/mol. The number of nitriles is 1. The number of thioether (sulfide) groups is 1. The molecule has 0 spiro atoms. The Hall–Kier alpha value is -4.75. The fourth-order valence-corrected chi connectivity index (χ4v) is 14.6. The molecule has 1 saturated heterocycles. The van der Waals surface area contributed by atoms with Gasteiger partial charge in [-0.05, 0) is 142 Å². The number of likely N-dealkylation sites (tertiary alicyclic amines) is 1. The number of fused-ring (bicyclic) bond motifs is 5. The first kappa shape index (κ1) is 52.1. The van der Waals surface area contributed by atoms with E-state index in [1.165, 1.54) is 49.6 Å². The van der Waals surface area contributed by atoms with Crippen molar-refractivity contribution in [3.63, 3.8) is 0 Å². The Labute approximate surface area is 410 Å². The molecular formula is C53H59ClF4N2O8S. The van der Waals surface area contributed by atoms with E-state index in [0.29, 0.717) is 24.2 Å². The van der Waals surface area contributed by atoms with Crippen LogP contribution in [0.1, 0.15) is 101 Å². The number of rotatable bonds is 8. The molecule has 3 aromatic rings. The van der Waals surface area contributed by atoms with Crippen LogP contribution >= 0.6 is 24.2 Å². The fraction of sp³-hybridized carbons (Fsp3) is 0.528. The summed E-state index contributed by atoms with van der Waals surface area (Å²) in [5.41, 5.74) is -6.81. The first-order chi connectivity index (χ1) is 32.3. The number of carboxylic acids is 1. The second-order valence-electron chi connectivity index (χ2n) is 20.4. The van der Waals surface area contributed by atoms with E-state index in [1.807, 2.05) is 37.3 Å². The summed E-state index contributed by atoms with van der Waals surface area (Å²) in [5, 5.41) is 30.9. The summed E-state index contributed by atoms with van der Waals surface area (Å²) < 4.78 is 70.8. The molecule has 1 aliphatic heterocycles. The van der Waals surface area contributed by atoms with Gasteiger partial charge in [-0.2, -0.15) is 5.26 Å². The molecule has 0 bridgehead atoms. The minimum atomic E-state index is -2.35. The predicted molar refractivity (Wildman–Crippen MR) is 253 cm³/mol. The number of alkyl halides is 3. The number of piperidine rings is 1. The van der Waals surface area contributed by atoms with E-state index in [1.54, 1.807) is 26.0 Å². The lowest BCUT2D eigenvalue weighted by atomic mass is 9.44. The third kappa shape index (κ3) is 8.19. The number of ketones is 1. The third-order valence-corrected chi connectivity index (χ3v) is 18.1. The second kappa shape index (κ2) is 19.5. The average Bonchev–Trinajstić information content (AvgIpc) is 3.94. The number of aliphatic hydroxyl groups is 1. The standard InChI is InChI=1S/C27H29F3O6S.C26H29FN2O2.ClH/c1-14-9-16-17-11-19(29)18-10-15(31)6-7-24(18,2)26(17,30)21(32)12-25(16,3)27(14,23(34)37-13-28)36-22(33)20-5-4-8-35-20;1-19-17-29(16-15-26(19,24(30)31)21-5-3-2-4-6-21)23-11-13-25(18-28,14-12-23)20-7-9-22(27)10-8-20;/h4-8,10,14,16-17,19,21,32H,9,11-13H2,1-3H3;2-10,19,23H,11-17H2,1H3,(H,30,31);1H/t14-,16+,17+,19+,21+,24+,25+,26+,27+;19-,23?,25?,26-;/m11./s1. The van der Waals surface area contributed by atoms with E-state index in [-0.39, 0.29) is 54.7 Å². The van der Waals surface area contributed by atoms with E-state index in [4.69, 9.17) is 9.15 Å². The smallest absolute Gasteiger partial charge is 0.375 e. The van der Waals surface area contributed by atoms with Crippen molar-refractivity contribution in [2.75, 3.05) is 19.1 Å². The number of aliphatic carboxylic acids is 1. The molecular weight excluding hydrogens is 936 g/mol. The van der Waals surface area contributed by atoms with Crippen LogP contribution in [0.3, 0.4) is 0 Å². The Kier molecular flexibility index (Phi) is 14.7. The van der Waals surface area contributed by atoms with Crippen LogP contribution < -0.4 is 0 Å². The number of furan rings is 1. The van der Waals surface area contributed by atoms with E-state index >= 15 is 8.78 Å². The molecule has 9 rings (SSSR count). The van der Waals surface area contributed by atoms with Gasteiger partial charge in [0.2, 0.25) is 10.9 Å². The quantitative estimate of drug-likeness (QED) is 0.163. The van der Waals surface area contributed by atoms with Gasteiger partial charge in [0.15, 0.2) is 17.1 Å². The van der Waals surface area contributed by atoms with Gasteiger partial charge in [-0.15, -0.1) is 12.4 Å². The molecule has 0 amide bonds. The molecule has 0 radical (unpaired) electrons. The van der Waals surface area contributed by atoms with Crippen molar-refractivity contribution in [3.05, 3.63) is 119 Å². The number of aliphatic hydroxyl groups excluding tert-OH is 1. The summed E-state index contributed by atoms with van der Waals surface area (Å²) >= 11 is 0.352. The van der Waals surface area contributed by atoms with Crippen LogP contribution in [0.2, 0.25) is 0 Å². The number of halogens is 5. The summed E-state index contributed by atoms with van der Waals surface area (Å²) in [6.07, 6.45) is 5.02. The van der Waals surface area contributed by atoms with Crippen LogP contribution in [0.15, 0.2) is 101 Å². The van der Waals surface area contributed by atoms with Crippen LogP contribution in [-0.4, -0.2) is 86.6 Å². The zero-order valence-corrected chi connectivity index (χ0v) is 40.7. The van der Waals surface area contributed by atoms with Crippen molar-refractivity contribution < 1.29 is 56.1 Å². The summed E-state index contributed by atoms with van der Waals surface area (Å²) in [6.45, 7) is 8.32. The van der Waals surface area contributed by atoms with E-state index in [9.17, 15) is 43.4 Å². The zero-order chi connectivity index (χ0) is 49.0. The van der Waals surface area contributed by atoms with Gasteiger partial charge in [-0.25, -0.2) is 22.4 Å². The molecule has 16 heteroatoms. The SMILES string of the molecule is C[C@@H]1CN(C2CCC(C#N)(c3ccc(F)cc3)CC2)CC[C@]1(C(=O)O)c1ccccc1.C[C@@H]1C[C@H]2[C@@H]3C[C@H](F)C4=CC(=O)C=C[C@]4(C)[C@@]3(F)[C@@H](O)C[C@]2(C)[C@@]1(OC(=O)c1ccco1)C(=O)SCF.Cl. The molecule has 4 saturated carbocycles. The molecule has 10 nitrogen and oxygen atoms in total. The summed E-state index contributed by atoms with van der Waals surface area (Å²) in [6, 6.07) is 20.6. The Morgan fingerprint density at radius 2 is 1.64 bits per heavy atom. The maximum Gasteiger partial charge on any atom is 0.375 e. The minimum Gasteiger partial charge on any atom is -0.481 e. The highest BCUT2D eigenvalue weighted by Crippen LogP contribution is 2.72. The van der Waals surface area contributed by atoms with Gasteiger partial charge in [-0.1, -0.05) is 69.3 Å². The van der Waals surface area contributed by atoms with Crippen molar-refractivity contribution >= 4 is 47.0 Å². The molecule has 1 aromatic heterocycles. The minimum absolute atomic E-state index is 0. The molecule has 69 heavy (non-hydrogen) atoms. The van der Waals surface area contributed by atoms with Gasteiger partial charge in [0.25, 0.3) is 0 Å². The highest BCUT2D eigenvalue weighted by molar-refractivity contribution is 8.13. The van der Waals surface area contributed by atoms with Crippen molar-refractivity contribution in [2.24, 2.45) is 34.5 Å². The van der Waals surface area contributed by atoms with Crippen LogP contribution in [0.4, 0.5) is 17.6 Å². The lowest BCUT2D eigenvalue weighted by Gasteiger charge is -2.63. The number of hydrogen-bond acceptors (Lipinski definition) is 10. The lowest BCUT2D eigenvalue weighted by Crippen LogP contribution is -2.70. The van der Waals surface area contributed by atoms with Crippen molar-refractivity contribution in [2.45, 2.75) is 119 Å². The van der Waals surface area contributed by atoms with Crippen LogP contribution in [-0.2, 0) is 30.0 Å². The number of benzene rings is 2. The Morgan fingerprint density at radius 3 is 2.23 bits per heavy atom. The van der Waals surface area contributed by atoms with Gasteiger partial charge in [0.05, 0.1) is 29.3 Å². The molecule has 2 heterocycles. The molecule has 2 aromatic carbocycles. The number of esters is 1. The Bertz CT molecular complexity index is 2520. The highest BCUT2D eigenvalue weighted by atomic mass is 35.5. The van der Waals surface area contributed by atoms with Gasteiger partial charge in [0, 0.05) is 35.3 Å². The molecule has 5 fully saturated rings. The van der Waals surface area contributed by atoms with Crippen LogP contribution in [0.5, 0.6) is 0 Å². The van der Waals surface area contributed by atoms with Crippen LogP contribution in [0.25, 0.3) is 0 Å². The number of carbonyl (C=O) groups excluding carboxylic acids is 3. The van der Waals surface area contributed by atoms with Gasteiger partial charge < -0.3 is 24.3 Å². The van der Waals surface area contributed by atoms with Gasteiger partial charge in [0.1, 0.15) is 18.0 Å². The largest absolute Gasteiger partial charge is 0.481 e. The lowest BCUT2D eigenvalue weighted by molar-refractivity contribution is -0.221. The van der Waals surface area contributed by atoms with E-state index in [2.05, 4.69) is 11.0 Å². The molecule has 0 unspecified atom stereocenters. The summed E-state index contributed by atoms with van der Waals surface area (Å²) in [4.78, 5) is 53.5. The van der Waals surface area contributed by atoms with Crippen molar-refractivity contribution in [3.8, 4) is 6.07 Å². The van der Waals surface area contributed by atoms with Crippen LogP contribution in [0, 0.1) is 51.6 Å². The maximum atomic E-state index is 17.4. The van der Waals surface area contributed by atoms with E-state index < -0.39 is 91.8 Å². The summed E-state index contributed by atoms with van der Waals surface area (Å²) in [5.74, 6) is -5.01. The molecule has 370 valence electrons. The highest BCUT2D eigenvalue weighted by Gasteiger charge is 2.78. The van der Waals surface area contributed by atoms with E-state index in [0.717, 1.165) is 56.0 Å². The number of carbonyl (C=O) groups is 4. The number of carboxylic acid groups (broad SMARTS) is 1. The first-order valence-electron chi connectivity index (χ1n) is 23.4. The monoisotopic (exact) mass is 994 g/mol. The predicted octanol–water partition coefficient (Wildman–Crippen LogP) is 10.2. The van der Waals surface area contributed by atoms with Crippen molar-refractivity contribution in [1.29, 1.82) is 5.26 Å². The Morgan fingerprint density at radius 1 is 0.957 bits per heavy atom. The number of ether oxygens (including phenoxy) is 1. The van der Waals surface area contributed by atoms with Gasteiger partial charge in [-0.3, -0.25) is 14.4 Å². The topological polar surface area (TPSA) is 158 Å². The first-order valence-corrected chi connectivity index (χ1v) is 24.4. The fourth-order valence-electron chi connectivity index (χ4n) is 13.8. The Balaban J connectivity index is 0.000000204. The number of allylic oxidation sites excluding steroid dienone is 4. The molecule has 2 N–H and O–H groups in total. The normalized spacial score (nSPS) is 38.1.